The molecule has 1 aliphatic rings. The minimum Gasteiger partial charge on any atom is -0.314 e. The second-order valence-electron chi connectivity index (χ2n) is 4.02. The quantitative estimate of drug-likeness (QED) is 0.801. The second kappa shape index (κ2) is 5.09. The molecule has 1 aliphatic heterocycles. The van der Waals surface area contributed by atoms with Crippen molar-refractivity contribution in [2.75, 3.05) is 26.2 Å². The normalized spacial score (nSPS) is 21.9. The molecule has 4 heteroatoms. The third kappa shape index (κ3) is 2.59. The summed E-state index contributed by atoms with van der Waals surface area (Å²) in [6.45, 7) is 2.78. The van der Waals surface area contributed by atoms with E-state index in [0.717, 1.165) is 19.6 Å². The number of rotatable bonds is 3. The molecule has 1 heterocycles. The highest BCUT2D eigenvalue weighted by molar-refractivity contribution is 5.75. The van der Waals surface area contributed by atoms with Gasteiger partial charge in [0.15, 0.2) is 0 Å². The maximum Gasteiger partial charge on any atom is 0.252 e. The van der Waals surface area contributed by atoms with Gasteiger partial charge in [-0.15, -0.1) is 0 Å². The van der Waals surface area contributed by atoms with Gasteiger partial charge in [0.05, 0.1) is 6.54 Å². The van der Waals surface area contributed by atoms with Crippen molar-refractivity contribution in [1.29, 1.82) is 0 Å². The van der Waals surface area contributed by atoms with Crippen molar-refractivity contribution < 1.29 is 4.79 Å². The molecule has 16 heavy (non-hydrogen) atoms. The van der Waals surface area contributed by atoms with Gasteiger partial charge in [0.25, 0.3) is 5.91 Å². The summed E-state index contributed by atoms with van der Waals surface area (Å²) >= 11 is 0. The van der Waals surface area contributed by atoms with Crippen molar-refractivity contribution in [1.82, 2.24) is 16.0 Å². The smallest absolute Gasteiger partial charge is 0.252 e. The van der Waals surface area contributed by atoms with Crippen LogP contribution >= 0.6 is 0 Å². The number of hydrogen-bond donors (Lipinski definition) is 1. The fourth-order valence-corrected chi connectivity index (χ4v) is 2.12. The third-order valence-corrected chi connectivity index (χ3v) is 2.89. The lowest BCUT2D eigenvalue weighted by molar-refractivity contribution is -0.120. The molecule has 0 saturated carbocycles. The summed E-state index contributed by atoms with van der Waals surface area (Å²) in [5.74, 6) is -0.511. The highest BCUT2D eigenvalue weighted by Gasteiger charge is 2.24. The average Bonchev–Trinajstić information content (AvgIpc) is 2.30. The Kier molecular flexibility index (Phi) is 3.54. The first-order valence-corrected chi connectivity index (χ1v) is 5.51. The summed E-state index contributed by atoms with van der Waals surface area (Å²) in [7, 11) is 0. The molecule has 0 bridgehead atoms. The Morgan fingerprint density at radius 2 is 2.19 bits per heavy atom. The van der Waals surface area contributed by atoms with E-state index in [0.29, 0.717) is 0 Å². The lowest BCUT2D eigenvalue weighted by Crippen LogP contribution is -2.47. The summed E-state index contributed by atoms with van der Waals surface area (Å²) < 4.78 is 0. The topological polar surface area (TPSA) is 56.1 Å². The summed E-state index contributed by atoms with van der Waals surface area (Å²) in [6.07, 6.45) is 0. The first-order valence-electron chi connectivity index (χ1n) is 5.51. The van der Waals surface area contributed by atoms with Gasteiger partial charge in [0.1, 0.15) is 0 Å². The fraction of sp³-hybridized carbons (Fsp3) is 0.417. The summed E-state index contributed by atoms with van der Waals surface area (Å²) in [6, 6.07) is 10.3. The van der Waals surface area contributed by atoms with Gasteiger partial charge in [-0.3, -0.25) is 15.4 Å². The van der Waals surface area contributed by atoms with E-state index in [1.165, 1.54) is 5.56 Å². The Morgan fingerprint density at radius 1 is 1.44 bits per heavy atom. The number of carbonyl (C=O) groups is 1. The first-order chi connectivity index (χ1) is 7.77. The third-order valence-electron chi connectivity index (χ3n) is 2.89. The van der Waals surface area contributed by atoms with Gasteiger partial charge in [0.2, 0.25) is 0 Å². The van der Waals surface area contributed by atoms with Gasteiger partial charge in [0, 0.05) is 25.7 Å². The molecule has 1 saturated heterocycles. The van der Waals surface area contributed by atoms with Crippen LogP contribution in [0.25, 0.3) is 0 Å². The number of amides is 1. The SMILES string of the molecule is [NH]C(=O)CN1CCNCC1c1ccccc1. The summed E-state index contributed by atoms with van der Waals surface area (Å²) in [5, 5.41) is 3.32. The van der Waals surface area contributed by atoms with Crippen LogP contribution in [0, 0.1) is 0 Å². The van der Waals surface area contributed by atoms with Crippen LogP contribution in [-0.2, 0) is 4.79 Å². The predicted molar refractivity (Wildman–Crippen MR) is 61.7 cm³/mol. The van der Waals surface area contributed by atoms with Gasteiger partial charge in [-0.2, -0.15) is 0 Å². The van der Waals surface area contributed by atoms with Gasteiger partial charge in [-0.1, -0.05) is 30.3 Å². The Bertz CT molecular complexity index is 353. The number of nitrogens with one attached hydrogen (secondary N) is 2. The zero-order chi connectivity index (χ0) is 11.4. The van der Waals surface area contributed by atoms with Gasteiger partial charge < -0.3 is 5.32 Å². The molecule has 2 N–H and O–H groups in total. The lowest BCUT2D eigenvalue weighted by atomic mass is 10.0. The van der Waals surface area contributed by atoms with Crippen molar-refractivity contribution in [3.63, 3.8) is 0 Å². The highest BCUT2D eigenvalue weighted by atomic mass is 16.1. The molecule has 0 aromatic heterocycles. The Morgan fingerprint density at radius 3 is 2.88 bits per heavy atom. The molecule has 1 fully saturated rings. The minimum atomic E-state index is -0.511. The van der Waals surface area contributed by atoms with Crippen molar-refractivity contribution >= 4 is 5.91 Å². The molecule has 1 atom stereocenters. The Balaban J connectivity index is 2.13. The number of benzene rings is 1. The van der Waals surface area contributed by atoms with Crippen LogP contribution in [0.1, 0.15) is 11.6 Å². The van der Waals surface area contributed by atoms with E-state index in [1.807, 2.05) is 18.2 Å². The average molecular weight is 218 g/mol. The zero-order valence-corrected chi connectivity index (χ0v) is 9.15. The standard InChI is InChI=1S/C12H16N3O/c13-12(16)9-15-7-6-14-8-11(15)10-4-2-1-3-5-10/h1-5,11,13-14H,6-9H2. The van der Waals surface area contributed by atoms with E-state index in [1.54, 1.807) is 0 Å². The minimum absolute atomic E-state index is 0.212. The van der Waals surface area contributed by atoms with Crippen molar-refractivity contribution in [3.05, 3.63) is 35.9 Å². The molecule has 1 unspecified atom stereocenters. The van der Waals surface area contributed by atoms with E-state index in [2.05, 4.69) is 22.3 Å². The van der Waals surface area contributed by atoms with Crippen LogP contribution in [-0.4, -0.2) is 37.0 Å². The Labute approximate surface area is 95.4 Å². The first kappa shape index (κ1) is 11.1. The van der Waals surface area contributed by atoms with Crippen LogP contribution in [0.15, 0.2) is 30.3 Å². The van der Waals surface area contributed by atoms with Crippen LogP contribution < -0.4 is 11.1 Å². The number of piperazine rings is 1. The molecule has 1 amide bonds. The van der Waals surface area contributed by atoms with Crippen LogP contribution in [0.2, 0.25) is 0 Å². The summed E-state index contributed by atoms with van der Waals surface area (Å²) in [4.78, 5) is 13.0. The number of nitrogens with zero attached hydrogens (tertiary/aromatic N) is 1. The molecule has 0 spiro atoms. The van der Waals surface area contributed by atoms with Crippen molar-refractivity contribution in [2.45, 2.75) is 6.04 Å². The van der Waals surface area contributed by atoms with E-state index in [-0.39, 0.29) is 12.6 Å². The monoisotopic (exact) mass is 218 g/mol. The maximum absolute atomic E-state index is 10.9. The molecule has 1 aromatic rings. The van der Waals surface area contributed by atoms with E-state index < -0.39 is 5.91 Å². The van der Waals surface area contributed by atoms with Crippen LogP contribution in [0.3, 0.4) is 0 Å². The Hall–Kier alpha value is -1.39. The molecule has 1 aromatic carbocycles. The second-order valence-corrected chi connectivity index (χ2v) is 4.02. The van der Waals surface area contributed by atoms with Gasteiger partial charge in [-0.25, -0.2) is 0 Å². The largest absolute Gasteiger partial charge is 0.314 e. The summed E-state index contributed by atoms with van der Waals surface area (Å²) in [5.41, 5.74) is 8.27. The van der Waals surface area contributed by atoms with E-state index >= 15 is 0 Å². The molecular weight excluding hydrogens is 202 g/mol. The van der Waals surface area contributed by atoms with Gasteiger partial charge in [-0.05, 0) is 5.56 Å². The fourth-order valence-electron chi connectivity index (χ4n) is 2.12. The van der Waals surface area contributed by atoms with Crippen molar-refractivity contribution in [2.24, 2.45) is 0 Å². The molecule has 4 nitrogen and oxygen atoms in total. The molecular formula is C12H16N3O. The van der Waals surface area contributed by atoms with Crippen LogP contribution in [0.4, 0.5) is 0 Å². The maximum atomic E-state index is 10.9. The van der Waals surface area contributed by atoms with E-state index in [4.69, 9.17) is 5.73 Å². The lowest BCUT2D eigenvalue weighted by Gasteiger charge is -2.35. The van der Waals surface area contributed by atoms with Gasteiger partial charge >= 0.3 is 0 Å². The predicted octanol–water partition coefficient (Wildman–Crippen LogP) is 0.442. The number of hydrogen-bond acceptors (Lipinski definition) is 3. The number of carbonyl (C=O) groups excluding carboxylic acids is 1. The molecule has 2 rings (SSSR count). The zero-order valence-electron chi connectivity index (χ0n) is 9.15. The van der Waals surface area contributed by atoms with Crippen LogP contribution in [0.5, 0.6) is 0 Å². The molecule has 85 valence electrons. The van der Waals surface area contributed by atoms with E-state index in [9.17, 15) is 4.79 Å². The van der Waals surface area contributed by atoms with Crippen molar-refractivity contribution in [3.8, 4) is 0 Å². The molecule has 0 aliphatic carbocycles. The highest BCUT2D eigenvalue weighted by Crippen LogP contribution is 2.21. The molecule has 1 radical (unpaired) electrons.